The van der Waals surface area contributed by atoms with Crippen LogP contribution in [0.4, 0.5) is 0 Å². The van der Waals surface area contributed by atoms with E-state index in [4.69, 9.17) is 4.42 Å². The van der Waals surface area contributed by atoms with Crippen molar-refractivity contribution in [2.24, 2.45) is 0 Å². The van der Waals surface area contributed by atoms with Gasteiger partial charge in [-0.05, 0) is 60.5 Å². The third-order valence-corrected chi connectivity index (χ3v) is 2.49. The lowest BCUT2D eigenvalue weighted by atomic mass is 10.4. The van der Waals surface area contributed by atoms with E-state index >= 15 is 0 Å². The van der Waals surface area contributed by atoms with Crippen LogP contribution in [0.15, 0.2) is 21.2 Å². The summed E-state index contributed by atoms with van der Waals surface area (Å²) in [5, 5.41) is 6.70. The minimum absolute atomic E-state index is 0.795. The topological polar surface area (TPSA) is 37.2 Å². The predicted molar refractivity (Wildman–Crippen MR) is 65.9 cm³/mol. The van der Waals surface area contributed by atoms with Gasteiger partial charge in [-0.25, -0.2) is 0 Å². The van der Waals surface area contributed by atoms with Crippen molar-refractivity contribution in [2.45, 2.75) is 26.3 Å². The highest BCUT2D eigenvalue weighted by molar-refractivity contribution is 9.10. The van der Waals surface area contributed by atoms with Crippen molar-refractivity contribution < 1.29 is 4.42 Å². The van der Waals surface area contributed by atoms with Crippen molar-refractivity contribution >= 4 is 15.9 Å². The molecule has 86 valence electrons. The van der Waals surface area contributed by atoms with E-state index in [2.05, 4.69) is 33.5 Å². The lowest BCUT2D eigenvalue weighted by Gasteiger charge is -2.03. The molecule has 1 aromatic rings. The summed E-state index contributed by atoms with van der Waals surface area (Å²) in [5.74, 6) is 0.975. The van der Waals surface area contributed by atoms with Crippen LogP contribution in [0.25, 0.3) is 0 Å². The summed E-state index contributed by atoms with van der Waals surface area (Å²) in [4.78, 5) is 0. The average Bonchev–Trinajstić information content (AvgIpc) is 2.63. The second kappa shape index (κ2) is 7.91. The minimum Gasteiger partial charge on any atom is -0.453 e. The molecular formula is C11H19BrN2O. The van der Waals surface area contributed by atoms with Gasteiger partial charge in [0.15, 0.2) is 4.67 Å². The molecule has 0 amide bonds. The van der Waals surface area contributed by atoms with Crippen LogP contribution < -0.4 is 10.6 Å². The van der Waals surface area contributed by atoms with Crippen LogP contribution in [-0.4, -0.2) is 19.6 Å². The summed E-state index contributed by atoms with van der Waals surface area (Å²) in [5.41, 5.74) is 0. The van der Waals surface area contributed by atoms with Gasteiger partial charge in [-0.3, -0.25) is 0 Å². The fraction of sp³-hybridized carbons (Fsp3) is 0.636. The van der Waals surface area contributed by atoms with Crippen LogP contribution in [-0.2, 0) is 6.54 Å². The fourth-order valence-electron chi connectivity index (χ4n) is 1.30. The van der Waals surface area contributed by atoms with E-state index in [1.54, 1.807) is 0 Å². The lowest BCUT2D eigenvalue weighted by Crippen LogP contribution is -2.22. The third-order valence-electron chi connectivity index (χ3n) is 2.06. The molecule has 3 nitrogen and oxygen atoms in total. The van der Waals surface area contributed by atoms with E-state index < -0.39 is 0 Å². The summed E-state index contributed by atoms with van der Waals surface area (Å²) in [6.45, 7) is 6.21. The molecule has 1 aromatic heterocycles. The van der Waals surface area contributed by atoms with Crippen LogP contribution in [0.1, 0.15) is 25.5 Å². The van der Waals surface area contributed by atoms with Crippen molar-refractivity contribution in [3.05, 3.63) is 22.6 Å². The first kappa shape index (κ1) is 12.7. The van der Waals surface area contributed by atoms with Crippen LogP contribution in [0.2, 0.25) is 0 Å². The van der Waals surface area contributed by atoms with Crippen LogP contribution in [0, 0.1) is 0 Å². The van der Waals surface area contributed by atoms with Gasteiger partial charge in [0, 0.05) is 0 Å². The highest BCUT2D eigenvalue weighted by Gasteiger charge is 1.97. The monoisotopic (exact) mass is 274 g/mol. The van der Waals surface area contributed by atoms with Crippen LogP contribution in [0.3, 0.4) is 0 Å². The molecule has 0 aliphatic rings. The van der Waals surface area contributed by atoms with Crippen LogP contribution >= 0.6 is 15.9 Å². The Morgan fingerprint density at radius 1 is 1.20 bits per heavy atom. The molecule has 0 aliphatic carbocycles. The molecule has 0 aromatic carbocycles. The Morgan fingerprint density at radius 3 is 2.67 bits per heavy atom. The maximum Gasteiger partial charge on any atom is 0.169 e. The first-order valence-electron chi connectivity index (χ1n) is 5.48. The van der Waals surface area contributed by atoms with Crippen molar-refractivity contribution in [2.75, 3.05) is 19.6 Å². The molecule has 0 saturated carbocycles. The fourth-order valence-corrected chi connectivity index (χ4v) is 1.64. The molecular weight excluding hydrogens is 256 g/mol. The number of furan rings is 1. The Balaban J connectivity index is 1.93. The van der Waals surface area contributed by atoms with Gasteiger partial charge in [-0.15, -0.1) is 0 Å². The largest absolute Gasteiger partial charge is 0.453 e. The summed E-state index contributed by atoms with van der Waals surface area (Å²) < 4.78 is 6.16. The quantitative estimate of drug-likeness (QED) is 0.716. The Morgan fingerprint density at radius 2 is 2.00 bits per heavy atom. The molecule has 1 rings (SSSR count). The molecule has 0 atom stereocenters. The predicted octanol–water partition coefficient (Wildman–Crippen LogP) is 2.52. The first-order valence-corrected chi connectivity index (χ1v) is 6.28. The number of rotatable bonds is 8. The van der Waals surface area contributed by atoms with E-state index in [1.165, 1.54) is 6.42 Å². The van der Waals surface area contributed by atoms with Crippen molar-refractivity contribution in [1.82, 2.24) is 10.6 Å². The number of nitrogens with one attached hydrogen (secondary N) is 2. The van der Waals surface area contributed by atoms with Gasteiger partial charge in [-0.1, -0.05) is 6.92 Å². The highest BCUT2D eigenvalue weighted by Crippen LogP contribution is 2.13. The van der Waals surface area contributed by atoms with Gasteiger partial charge >= 0.3 is 0 Å². The molecule has 2 N–H and O–H groups in total. The van der Waals surface area contributed by atoms with Crippen molar-refractivity contribution in [3.63, 3.8) is 0 Å². The molecule has 0 unspecified atom stereocenters. The van der Waals surface area contributed by atoms with E-state index in [0.717, 1.165) is 43.0 Å². The maximum absolute atomic E-state index is 5.37. The van der Waals surface area contributed by atoms with E-state index in [1.807, 2.05) is 12.1 Å². The zero-order valence-electron chi connectivity index (χ0n) is 9.18. The first-order chi connectivity index (χ1) is 7.33. The SMILES string of the molecule is CCCNCCCNCc1ccc(Br)o1. The van der Waals surface area contributed by atoms with Gasteiger partial charge < -0.3 is 15.1 Å². The Hall–Kier alpha value is -0.320. The Labute approximate surface area is 99.7 Å². The van der Waals surface area contributed by atoms with E-state index in [0.29, 0.717) is 0 Å². The molecule has 0 fully saturated rings. The van der Waals surface area contributed by atoms with Gasteiger partial charge in [0.2, 0.25) is 0 Å². The molecule has 4 heteroatoms. The lowest BCUT2D eigenvalue weighted by molar-refractivity contribution is 0.462. The van der Waals surface area contributed by atoms with Crippen LogP contribution in [0.5, 0.6) is 0 Å². The number of halogens is 1. The highest BCUT2D eigenvalue weighted by atomic mass is 79.9. The Kier molecular flexibility index (Phi) is 6.72. The second-order valence-corrected chi connectivity index (χ2v) is 4.27. The molecule has 0 spiro atoms. The second-order valence-electron chi connectivity index (χ2n) is 3.49. The molecule has 1 heterocycles. The molecule has 15 heavy (non-hydrogen) atoms. The zero-order valence-corrected chi connectivity index (χ0v) is 10.8. The van der Waals surface area contributed by atoms with Gasteiger partial charge in [0.05, 0.1) is 6.54 Å². The summed E-state index contributed by atoms with van der Waals surface area (Å²) in [7, 11) is 0. The van der Waals surface area contributed by atoms with E-state index in [-0.39, 0.29) is 0 Å². The molecule has 0 aliphatic heterocycles. The normalized spacial score (nSPS) is 10.8. The van der Waals surface area contributed by atoms with Gasteiger partial charge in [0.25, 0.3) is 0 Å². The smallest absolute Gasteiger partial charge is 0.169 e. The summed E-state index contributed by atoms with van der Waals surface area (Å²) in [6, 6.07) is 3.90. The minimum atomic E-state index is 0.795. The summed E-state index contributed by atoms with van der Waals surface area (Å²) >= 11 is 3.28. The standard InChI is InChI=1S/C11H19BrN2O/c1-2-6-13-7-3-8-14-9-10-4-5-11(12)15-10/h4-5,13-14H,2-3,6-9H2,1H3. The van der Waals surface area contributed by atoms with E-state index in [9.17, 15) is 0 Å². The summed E-state index contributed by atoms with van der Waals surface area (Å²) in [6.07, 6.45) is 2.36. The van der Waals surface area contributed by atoms with Gasteiger partial charge in [-0.2, -0.15) is 0 Å². The zero-order chi connectivity index (χ0) is 10.9. The molecule has 0 radical (unpaired) electrons. The molecule has 0 saturated heterocycles. The maximum atomic E-state index is 5.37. The van der Waals surface area contributed by atoms with Crippen molar-refractivity contribution in [3.8, 4) is 0 Å². The van der Waals surface area contributed by atoms with Crippen molar-refractivity contribution in [1.29, 1.82) is 0 Å². The number of hydrogen-bond donors (Lipinski definition) is 2. The number of hydrogen-bond acceptors (Lipinski definition) is 3. The Bertz CT molecular complexity index is 263. The van der Waals surface area contributed by atoms with Gasteiger partial charge in [0.1, 0.15) is 5.76 Å². The molecule has 0 bridgehead atoms. The average molecular weight is 275 g/mol. The third kappa shape index (κ3) is 5.97.